The molecule has 1 aromatic rings. The molecule has 0 radical (unpaired) electrons. The van der Waals surface area contributed by atoms with Gasteiger partial charge in [0.05, 0.1) is 17.4 Å². The summed E-state index contributed by atoms with van der Waals surface area (Å²) in [7, 11) is 0. The van der Waals surface area contributed by atoms with Crippen LogP contribution in [0, 0.1) is 21.4 Å². The number of carboxylic acids is 1. The summed E-state index contributed by atoms with van der Waals surface area (Å²) in [5.41, 5.74) is -0.541. The first-order chi connectivity index (χ1) is 9.01. The molecule has 0 aliphatic carbocycles. The average Bonchev–Trinajstić information content (AvgIpc) is 2.39. The van der Waals surface area contributed by atoms with E-state index in [9.17, 15) is 14.9 Å². The number of carbonyl (C=O) groups is 1. The second kappa shape index (κ2) is 6.30. The number of hydrogen-bond acceptors (Lipinski definition) is 6. The summed E-state index contributed by atoms with van der Waals surface area (Å²) in [6, 6.07) is 4.13. The Morgan fingerprint density at radius 3 is 2.79 bits per heavy atom. The van der Waals surface area contributed by atoms with Crippen molar-refractivity contribution in [1.29, 1.82) is 5.26 Å². The van der Waals surface area contributed by atoms with E-state index < -0.39 is 10.9 Å². The summed E-state index contributed by atoms with van der Waals surface area (Å²) in [5.74, 6) is -1.28. The fourth-order valence-corrected chi connectivity index (χ4v) is 1.53. The molecule has 1 N–H and O–H groups in total. The van der Waals surface area contributed by atoms with Gasteiger partial charge in [0, 0.05) is 19.2 Å². The lowest BCUT2D eigenvalue weighted by Gasteiger charge is -2.20. The highest BCUT2D eigenvalue weighted by Gasteiger charge is 2.22. The molecule has 0 atom stereocenters. The van der Waals surface area contributed by atoms with Gasteiger partial charge in [0.1, 0.15) is 0 Å². The smallest absolute Gasteiger partial charge is 0.354 e. The number of aromatic carboxylic acids is 1. The van der Waals surface area contributed by atoms with Crippen LogP contribution >= 0.6 is 0 Å². The van der Waals surface area contributed by atoms with Gasteiger partial charge < -0.3 is 10.0 Å². The number of rotatable bonds is 6. The average molecular weight is 264 g/mol. The summed E-state index contributed by atoms with van der Waals surface area (Å²) in [6.45, 7) is 2.39. The van der Waals surface area contributed by atoms with Crippen LogP contribution in [-0.2, 0) is 0 Å². The number of aromatic nitrogens is 1. The van der Waals surface area contributed by atoms with Gasteiger partial charge in [-0.25, -0.2) is 9.78 Å². The Bertz CT molecular complexity index is 538. The van der Waals surface area contributed by atoms with Gasteiger partial charge in [-0.05, 0) is 13.0 Å². The van der Waals surface area contributed by atoms with Crippen LogP contribution in [0.15, 0.2) is 12.1 Å². The third-order valence-electron chi connectivity index (χ3n) is 2.45. The van der Waals surface area contributed by atoms with Crippen LogP contribution in [-0.4, -0.2) is 34.1 Å². The highest BCUT2D eigenvalue weighted by molar-refractivity contribution is 5.86. The van der Waals surface area contributed by atoms with Crippen molar-refractivity contribution in [3.63, 3.8) is 0 Å². The lowest BCUT2D eigenvalue weighted by molar-refractivity contribution is -0.384. The Kier molecular flexibility index (Phi) is 4.76. The number of nitro groups is 1. The molecule has 0 unspecified atom stereocenters. The number of nitriles is 1. The van der Waals surface area contributed by atoms with E-state index in [0.29, 0.717) is 6.54 Å². The van der Waals surface area contributed by atoms with Gasteiger partial charge >= 0.3 is 11.7 Å². The fraction of sp³-hybridized carbons (Fsp3) is 0.364. The molecule has 0 aliphatic heterocycles. The number of nitrogens with zero attached hydrogens (tertiary/aromatic N) is 4. The molecular weight excluding hydrogens is 252 g/mol. The van der Waals surface area contributed by atoms with Crippen LogP contribution in [0.1, 0.15) is 23.8 Å². The molecule has 19 heavy (non-hydrogen) atoms. The van der Waals surface area contributed by atoms with Crippen LogP contribution in [0.3, 0.4) is 0 Å². The minimum absolute atomic E-state index is 0.0253. The molecule has 0 spiro atoms. The second-order valence-electron chi connectivity index (χ2n) is 3.59. The van der Waals surface area contributed by atoms with E-state index in [2.05, 4.69) is 4.98 Å². The zero-order chi connectivity index (χ0) is 14.4. The van der Waals surface area contributed by atoms with Crippen molar-refractivity contribution in [3.8, 4) is 6.07 Å². The fourth-order valence-electron chi connectivity index (χ4n) is 1.53. The van der Waals surface area contributed by atoms with Crippen LogP contribution in [0.4, 0.5) is 11.5 Å². The molecule has 1 rings (SSSR count). The summed E-state index contributed by atoms with van der Waals surface area (Å²) < 4.78 is 0. The minimum Gasteiger partial charge on any atom is -0.477 e. The number of carboxylic acid groups (broad SMARTS) is 1. The maximum absolute atomic E-state index is 10.9. The second-order valence-corrected chi connectivity index (χ2v) is 3.59. The minimum atomic E-state index is -1.26. The van der Waals surface area contributed by atoms with Crippen molar-refractivity contribution in [1.82, 2.24) is 4.98 Å². The third-order valence-corrected chi connectivity index (χ3v) is 2.45. The lowest BCUT2D eigenvalue weighted by Crippen LogP contribution is -2.26. The van der Waals surface area contributed by atoms with Gasteiger partial charge in [-0.2, -0.15) is 5.26 Å². The van der Waals surface area contributed by atoms with Crippen molar-refractivity contribution in [3.05, 3.63) is 27.9 Å². The standard InChI is InChI=1S/C11H12N4O4/c1-2-14(7-3-6-12)10-9(15(18)19)5-4-8(13-10)11(16)17/h4-5H,2-3,7H2,1H3,(H,16,17). The molecule has 0 aliphatic rings. The van der Waals surface area contributed by atoms with E-state index in [1.807, 2.05) is 6.07 Å². The molecule has 100 valence electrons. The van der Waals surface area contributed by atoms with Crippen molar-refractivity contribution >= 4 is 17.5 Å². The van der Waals surface area contributed by atoms with Crippen LogP contribution < -0.4 is 4.90 Å². The van der Waals surface area contributed by atoms with Crippen molar-refractivity contribution in [2.24, 2.45) is 0 Å². The van der Waals surface area contributed by atoms with E-state index in [-0.39, 0.29) is 30.2 Å². The maximum atomic E-state index is 10.9. The molecule has 8 nitrogen and oxygen atoms in total. The zero-order valence-corrected chi connectivity index (χ0v) is 10.2. The largest absolute Gasteiger partial charge is 0.477 e. The zero-order valence-electron chi connectivity index (χ0n) is 10.2. The Morgan fingerprint density at radius 2 is 2.32 bits per heavy atom. The molecule has 1 heterocycles. The molecule has 0 amide bonds. The predicted molar refractivity (Wildman–Crippen MR) is 66.0 cm³/mol. The third kappa shape index (κ3) is 3.38. The van der Waals surface area contributed by atoms with E-state index in [1.54, 1.807) is 6.92 Å². The quantitative estimate of drug-likeness (QED) is 0.609. The highest BCUT2D eigenvalue weighted by Crippen LogP contribution is 2.26. The van der Waals surface area contributed by atoms with Gasteiger partial charge in [0.2, 0.25) is 5.82 Å². The van der Waals surface area contributed by atoms with E-state index in [1.165, 1.54) is 4.90 Å². The van der Waals surface area contributed by atoms with E-state index in [0.717, 1.165) is 12.1 Å². The lowest BCUT2D eigenvalue weighted by atomic mass is 10.3. The van der Waals surface area contributed by atoms with Gasteiger partial charge in [-0.3, -0.25) is 10.1 Å². The Balaban J connectivity index is 3.26. The molecular formula is C11H12N4O4. The molecule has 1 aromatic heterocycles. The topological polar surface area (TPSA) is 120 Å². The van der Waals surface area contributed by atoms with E-state index in [4.69, 9.17) is 10.4 Å². The van der Waals surface area contributed by atoms with Crippen LogP contribution in [0.5, 0.6) is 0 Å². The summed E-state index contributed by atoms with van der Waals surface area (Å²) in [5, 5.41) is 28.3. The normalized spacial score (nSPS) is 9.68. The Morgan fingerprint density at radius 1 is 1.63 bits per heavy atom. The van der Waals surface area contributed by atoms with E-state index >= 15 is 0 Å². The van der Waals surface area contributed by atoms with Crippen molar-refractivity contribution < 1.29 is 14.8 Å². The number of hydrogen-bond donors (Lipinski definition) is 1. The van der Waals surface area contributed by atoms with Crippen LogP contribution in [0.2, 0.25) is 0 Å². The Labute approximate surface area is 109 Å². The highest BCUT2D eigenvalue weighted by atomic mass is 16.6. The first-order valence-electron chi connectivity index (χ1n) is 5.51. The molecule has 0 saturated heterocycles. The van der Waals surface area contributed by atoms with Gasteiger partial charge in [-0.1, -0.05) is 0 Å². The van der Waals surface area contributed by atoms with Gasteiger partial charge in [-0.15, -0.1) is 0 Å². The summed E-state index contributed by atoms with van der Waals surface area (Å²) in [6.07, 6.45) is 0.171. The SMILES string of the molecule is CCN(CCC#N)c1nc(C(=O)O)ccc1[N+](=O)[O-]. The predicted octanol–water partition coefficient (Wildman–Crippen LogP) is 1.43. The molecule has 0 saturated carbocycles. The molecule has 0 bridgehead atoms. The van der Waals surface area contributed by atoms with Gasteiger partial charge in [0.15, 0.2) is 5.69 Å². The monoisotopic (exact) mass is 264 g/mol. The van der Waals surface area contributed by atoms with Crippen molar-refractivity contribution in [2.75, 3.05) is 18.0 Å². The Hall–Kier alpha value is -2.69. The van der Waals surface area contributed by atoms with Crippen molar-refractivity contribution in [2.45, 2.75) is 13.3 Å². The first kappa shape index (κ1) is 14.4. The maximum Gasteiger partial charge on any atom is 0.354 e. The van der Waals surface area contributed by atoms with Crippen LogP contribution in [0.25, 0.3) is 0 Å². The first-order valence-corrected chi connectivity index (χ1v) is 5.51. The van der Waals surface area contributed by atoms with Gasteiger partial charge in [0.25, 0.3) is 0 Å². The molecule has 0 aromatic carbocycles. The number of anilines is 1. The number of pyridine rings is 1. The molecule has 8 heteroatoms. The molecule has 0 fully saturated rings. The summed E-state index contributed by atoms with van der Waals surface area (Å²) in [4.78, 5) is 26.5. The summed E-state index contributed by atoms with van der Waals surface area (Å²) >= 11 is 0.